The smallest absolute Gasteiger partial charge is 0.429 e. The van der Waals surface area contributed by atoms with Crippen LogP contribution in [0.5, 0.6) is 0 Å². The molecule has 7 atom stereocenters. The molecule has 2 bridgehead atoms. The summed E-state index contributed by atoms with van der Waals surface area (Å²) in [5, 5.41) is 0. The quantitative estimate of drug-likeness (QED) is 0.387. The second kappa shape index (κ2) is 9.14. The predicted octanol–water partition coefficient (Wildman–Crippen LogP) is 2.73. The molecule has 1 heterocycles. The van der Waals surface area contributed by atoms with Gasteiger partial charge in [0.15, 0.2) is 0 Å². The first-order valence-electron chi connectivity index (χ1n) is 12.3. The van der Waals surface area contributed by atoms with Crippen LogP contribution < -0.4 is 0 Å². The average molecular weight is 540 g/mol. The Hall–Kier alpha value is -1.89. The summed E-state index contributed by atoms with van der Waals surface area (Å²) in [4.78, 5) is 41.1. The van der Waals surface area contributed by atoms with E-state index in [4.69, 9.17) is 14.0 Å². The molecule has 7 unspecified atom stereocenters. The summed E-state index contributed by atoms with van der Waals surface area (Å²) in [6, 6.07) is -0.768. The molecule has 9 nitrogen and oxygen atoms in total. The molecule has 0 aromatic rings. The van der Waals surface area contributed by atoms with Crippen molar-refractivity contribution >= 4 is 28.0 Å². The van der Waals surface area contributed by atoms with Gasteiger partial charge in [-0.3, -0.25) is 18.9 Å². The van der Waals surface area contributed by atoms with Gasteiger partial charge >= 0.3 is 18.1 Å². The van der Waals surface area contributed by atoms with Crippen molar-refractivity contribution in [3.8, 4) is 0 Å². The maximum Gasteiger partial charge on any atom is 0.429 e. The first-order valence-corrected chi connectivity index (χ1v) is 13.9. The molecule has 1 amide bonds. The summed E-state index contributed by atoms with van der Waals surface area (Å²) in [5.74, 6) is -7.80. The van der Waals surface area contributed by atoms with Crippen LogP contribution in [0, 0.1) is 29.6 Å². The number of rotatable bonds is 7. The van der Waals surface area contributed by atoms with Crippen LogP contribution in [0.2, 0.25) is 0 Å². The van der Waals surface area contributed by atoms with Gasteiger partial charge < -0.3 is 14.4 Å². The maximum absolute atomic E-state index is 13.8. The van der Waals surface area contributed by atoms with E-state index in [1.54, 1.807) is 18.7 Å². The van der Waals surface area contributed by atoms with E-state index in [-0.39, 0.29) is 12.0 Å². The Labute approximate surface area is 207 Å². The summed E-state index contributed by atoms with van der Waals surface area (Å²) in [5.41, 5.74) is -3.52. The fourth-order valence-electron chi connectivity index (χ4n) is 6.80. The van der Waals surface area contributed by atoms with Gasteiger partial charge in [0.25, 0.3) is 10.1 Å². The van der Waals surface area contributed by atoms with E-state index in [1.165, 1.54) is 0 Å². The zero-order valence-corrected chi connectivity index (χ0v) is 21.2. The Kier molecular flexibility index (Phi) is 6.89. The lowest BCUT2D eigenvalue weighted by Gasteiger charge is -2.37. The molecule has 1 N–H and O–H groups in total. The summed E-state index contributed by atoms with van der Waals surface area (Å²) in [6.45, 7) is 3.92. The fraction of sp³-hybridized carbons (Fsp3) is 0.870. The van der Waals surface area contributed by atoms with E-state index in [1.807, 2.05) is 0 Å². The van der Waals surface area contributed by atoms with E-state index in [0.29, 0.717) is 26.2 Å². The van der Waals surface area contributed by atoms with Crippen molar-refractivity contribution in [3.05, 3.63) is 0 Å². The highest BCUT2D eigenvalue weighted by molar-refractivity contribution is 7.85. The lowest BCUT2D eigenvalue weighted by atomic mass is 9.78. The number of hydrogen-bond donors (Lipinski definition) is 1. The molecule has 204 valence electrons. The number of esters is 2. The number of ether oxygens (including phenoxy) is 2. The first-order chi connectivity index (χ1) is 16.6. The van der Waals surface area contributed by atoms with Crippen molar-refractivity contribution in [3.63, 3.8) is 0 Å². The van der Waals surface area contributed by atoms with Gasteiger partial charge in [-0.2, -0.15) is 21.6 Å². The summed E-state index contributed by atoms with van der Waals surface area (Å²) >= 11 is 0. The molecule has 4 fully saturated rings. The van der Waals surface area contributed by atoms with Crippen molar-refractivity contribution < 1.29 is 50.0 Å². The number of fused-ring (bicyclic) bond motifs is 1. The monoisotopic (exact) mass is 539 g/mol. The molecule has 1 aliphatic heterocycles. The zero-order valence-electron chi connectivity index (χ0n) is 20.4. The third-order valence-electron chi connectivity index (χ3n) is 8.31. The molecule has 3 aliphatic carbocycles. The van der Waals surface area contributed by atoms with Crippen LogP contribution in [0.15, 0.2) is 0 Å². The van der Waals surface area contributed by atoms with Gasteiger partial charge in [0.05, 0.1) is 23.8 Å². The van der Waals surface area contributed by atoms with E-state index < -0.39 is 81.3 Å². The molecule has 36 heavy (non-hydrogen) atoms. The maximum atomic E-state index is 13.8. The molecule has 3 saturated carbocycles. The minimum atomic E-state index is -5.31. The van der Waals surface area contributed by atoms with Gasteiger partial charge in [0.2, 0.25) is 11.5 Å². The van der Waals surface area contributed by atoms with Crippen LogP contribution >= 0.6 is 0 Å². The number of carbonyl (C=O) groups excluding carboxylic acids is 3. The van der Waals surface area contributed by atoms with Gasteiger partial charge in [-0.1, -0.05) is 19.3 Å². The van der Waals surface area contributed by atoms with Crippen molar-refractivity contribution in [1.82, 2.24) is 4.90 Å². The highest BCUT2D eigenvalue weighted by Crippen LogP contribution is 2.60. The highest BCUT2D eigenvalue weighted by atomic mass is 32.2. The van der Waals surface area contributed by atoms with Gasteiger partial charge in [-0.15, -0.1) is 0 Å². The van der Waals surface area contributed by atoms with Crippen LogP contribution in [-0.4, -0.2) is 71.4 Å². The molecule has 13 heteroatoms. The topological polar surface area (TPSA) is 127 Å². The van der Waals surface area contributed by atoms with Crippen molar-refractivity contribution in [2.24, 2.45) is 29.6 Å². The largest absolute Gasteiger partial charge is 0.460 e. The fourth-order valence-corrected chi connectivity index (χ4v) is 7.72. The zero-order chi connectivity index (χ0) is 26.8. The van der Waals surface area contributed by atoms with Crippen LogP contribution in [0.3, 0.4) is 0 Å². The lowest BCUT2D eigenvalue weighted by molar-refractivity contribution is -0.259. The third-order valence-corrected chi connectivity index (χ3v) is 9.23. The summed E-state index contributed by atoms with van der Waals surface area (Å²) < 4.78 is 83.6. The number of likely N-dealkylation sites (tertiary alicyclic amines) is 1. The molecule has 0 aromatic heterocycles. The molecule has 0 spiro atoms. The standard InChI is InChI=1S/C23H32F3NO8S/c1-11(2)27-17-13-9-14(18(17)34-20(29)12-7-5-4-6-8-12)16(15(13)19(27)28)21(30)35-22(3,23(24,25)26)10-36(31,32)33/h11-18H,4-10H2,1-3H3,(H,31,32,33). The van der Waals surface area contributed by atoms with Gasteiger partial charge in [-0.05, 0) is 46.0 Å². The Morgan fingerprint density at radius 2 is 1.72 bits per heavy atom. The summed E-state index contributed by atoms with van der Waals surface area (Å²) in [6.07, 6.45) is -1.74. The molecule has 0 radical (unpaired) electrons. The molecular weight excluding hydrogens is 507 g/mol. The average Bonchev–Trinajstić information content (AvgIpc) is 3.34. The van der Waals surface area contributed by atoms with Gasteiger partial charge in [0.1, 0.15) is 11.9 Å². The number of hydrogen-bond acceptors (Lipinski definition) is 7. The number of amides is 1. The van der Waals surface area contributed by atoms with E-state index in [2.05, 4.69) is 0 Å². The second-order valence-corrected chi connectivity index (χ2v) is 12.5. The van der Waals surface area contributed by atoms with Gasteiger partial charge in [-0.25, -0.2) is 0 Å². The van der Waals surface area contributed by atoms with Gasteiger partial charge in [0, 0.05) is 12.0 Å². The van der Waals surface area contributed by atoms with E-state index >= 15 is 0 Å². The van der Waals surface area contributed by atoms with Crippen molar-refractivity contribution in [1.29, 1.82) is 0 Å². The number of nitrogens with zero attached hydrogens (tertiary/aromatic N) is 1. The molecule has 0 aromatic carbocycles. The molecular formula is C23H32F3NO8S. The third kappa shape index (κ3) is 4.61. The molecule has 4 aliphatic rings. The number of halogens is 3. The number of alkyl halides is 3. The normalized spacial score (nSPS) is 34.2. The Bertz CT molecular complexity index is 1020. The predicted molar refractivity (Wildman–Crippen MR) is 118 cm³/mol. The molecule has 1 saturated heterocycles. The lowest BCUT2D eigenvalue weighted by Crippen LogP contribution is -2.54. The minimum absolute atomic E-state index is 0.292. The summed E-state index contributed by atoms with van der Waals surface area (Å²) in [7, 11) is -5.17. The molecule has 4 rings (SSSR count). The Balaban J connectivity index is 1.63. The first kappa shape index (κ1) is 27.2. The van der Waals surface area contributed by atoms with Crippen molar-refractivity contribution in [2.75, 3.05) is 5.75 Å². The van der Waals surface area contributed by atoms with Crippen LogP contribution in [0.25, 0.3) is 0 Å². The van der Waals surface area contributed by atoms with E-state index in [0.717, 1.165) is 19.3 Å². The van der Waals surface area contributed by atoms with Crippen molar-refractivity contribution in [2.45, 2.75) is 89.3 Å². The minimum Gasteiger partial charge on any atom is -0.460 e. The SMILES string of the molecule is CC(C)N1C(=O)C2C3CC(C(OC(=O)C4CCCCC4)C31)C2C(=O)OC(C)(CS(=O)(=O)O)C(F)(F)F. The Morgan fingerprint density at radius 3 is 2.25 bits per heavy atom. The number of carbonyl (C=O) groups is 3. The van der Waals surface area contributed by atoms with Crippen LogP contribution in [0.1, 0.15) is 59.3 Å². The second-order valence-electron chi connectivity index (χ2n) is 11.1. The van der Waals surface area contributed by atoms with Crippen LogP contribution in [-0.2, 0) is 34.0 Å². The van der Waals surface area contributed by atoms with Crippen LogP contribution in [0.4, 0.5) is 13.2 Å². The Morgan fingerprint density at radius 1 is 1.11 bits per heavy atom. The van der Waals surface area contributed by atoms with E-state index in [9.17, 15) is 36.0 Å². The highest BCUT2D eigenvalue weighted by Gasteiger charge is 2.72.